The summed E-state index contributed by atoms with van der Waals surface area (Å²) in [6.45, 7) is 12.5. The molecule has 0 aliphatic rings. The Morgan fingerprint density at radius 3 is 2.31 bits per heavy atom. The highest BCUT2D eigenvalue weighted by Crippen LogP contribution is 2.23. The van der Waals surface area contributed by atoms with Gasteiger partial charge in [-0.05, 0) is 57.2 Å². The van der Waals surface area contributed by atoms with E-state index in [0.29, 0.717) is 6.54 Å². The lowest BCUT2D eigenvalue weighted by Crippen LogP contribution is -2.36. The van der Waals surface area contributed by atoms with Gasteiger partial charge in [0.05, 0.1) is 0 Å². The van der Waals surface area contributed by atoms with Gasteiger partial charge in [-0.1, -0.05) is 43.3 Å². The molecule has 1 N–H and O–H groups in total. The van der Waals surface area contributed by atoms with Crippen LogP contribution in [0.4, 0.5) is 4.79 Å². The smallest absolute Gasteiger partial charge is 0.410 e. The van der Waals surface area contributed by atoms with Crippen molar-refractivity contribution in [2.24, 2.45) is 0 Å². The van der Waals surface area contributed by atoms with Crippen molar-refractivity contribution >= 4 is 11.7 Å². The Labute approximate surface area is 158 Å². The lowest BCUT2D eigenvalue weighted by molar-refractivity contribution is 0.0291. The van der Waals surface area contributed by atoms with Gasteiger partial charge in [0, 0.05) is 26.3 Å². The minimum atomic E-state index is -0.475. The Morgan fingerprint density at radius 2 is 1.85 bits per heavy atom. The van der Waals surface area contributed by atoms with Gasteiger partial charge in [0.25, 0.3) is 0 Å². The monoisotopic (exact) mass is 358 g/mol. The first kappa shape index (κ1) is 21.8. The molecule has 1 aromatic carbocycles. The molecule has 0 aliphatic carbocycles. The third kappa shape index (κ3) is 6.58. The normalized spacial score (nSPS) is 14.0. The molecule has 0 saturated carbocycles. The van der Waals surface area contributed by atoms with E-state index in [0.717, 1.165) is 5.70 Å². The number of benzene rings is 1. The third-order valence-electron chi connectivity index (χ3n) is 4.16. The van der Waals surface area contributed by atoms with Gasteiger partial charge in [0.15, 0.2) is 0 Å². The molecule has 1 amide bonds. The summed E-state index contributed by atoms with van der Waals surface area (Å²) in [5, 5.41) is 3.21. The maximum absolute atomic E-state index is 12.1. The van der Waals surface area contributed by atoms with Gasteiger partial charge in [-0.25, -0.2) is 4.79 Å². The SMILES string of the molecule is C/C=C\C(=C(\C)NC)c1ccc(C(C)CN(C)C(=O)OC(C)(C)C)cc1. The summed E-state index contributed by atoms with van der Waals surface area (Å²) in [5.74, 6) is 0.223. The maximum atomic E-state index is 12.1. The molecule has 1 rings (SSSR count). The molecule has 0 fully saturated rings. The Hall–Kier alpha value is -2.23. The minimum absolute atomic E-state index is 0.223. The highest BCUT2D eigenvalue weighted by Gasteiger charge is 2.21. The second-order valence-corrected chi connectivity index (χ2v) is 7.67. The van der Waals surface area contributed by atoms with Crippen LogP contribution in [0.25, 0.3) is 5.57 Å². The zero-order valence-corrected chi connectivity index (χ0v) is 17.5. The quantitative estimate of drug-likeness (QED) is 0.712. The van der Waals surface area contributed by atoms with Gasteiger partial charge in [0.1, 0.15) is 5.60 Å². The number of rotatable bonds is 6. The molecular weight excluding hydrogens is 324 g/mol. The molecule has 4 heteroatoms. The van der Waals surface area contributed by atoms with Crippen molar-refractivity contribution < 1.29 is 9.53 Å². The molecule has 1 atom stereocenters. The van der Waals surface area contributed by atoms with Crippen LogP contribution in [0, 0.1) is 0 Å². The molecular formula is C22H34N2O2. The Balaban J connectivity index is 2.86. The third-order valence-corrected chi connectivity index (χ3v) is 4.16. The first-order chi connectivity index (χ1) is 12.1. The molecule has 0 aliphatic heterocycles. The highest BCUT2D eigenvalue weighted by atomic mass is 16.6. The number of carbonyl (C=O) groups excluding carboxylic acids is 1. The lowest BCUT2D eigenvalue weighted by atomic mass is 9.96. The van der Waals surface area contributed by atoms with Crippen LogP contribution in [0.2, 0.25) is 0 Å². The average molecular weight is 359 g/mol. The largest absolute Gasteiger partial charge is 0.444 e. The summed E-state index contributed by atoms with van der Waals surface area (Å²) in [6.07, 6.45) is 3.87. The molecule has 0 saturated heterocycles. The van der Waals surface area contributed by atoms with Crippen LogP contribution in [-0.4, -0.2) is 37.2 Å². The van der Waals surface area contributed by atoms with Crippen molar-refractivity contribution in [1.82, 2.24) is 10.2 Å². The fourth-order valence-corrected chi connectivity index (χ4v) is 2.66. The second-order valence-electron chi connectivity index (χ2n) is 7.67. The van der Waals surface area contributed by atoms with E-state index in [4.69, 9.17) is 4.74 Å². The van der Waals surface area contributed by atoms with Crippen molar-refractivity contribution in [2.45, 2.75) is 53.1 Å². The van der Waals surface area contributed by atoms with Crippen molar-refractivity contribution in [3.63, 3.8) is 0 Å². The minimum Gasteiger partial charge on any atom is -0.444 e. The number of carbonyl (C=O) groups is 1. The number of amides is 1. The molecule has 0 heterocycles. The van der Waals surface area contributed by atoms with Gasteiger partial charge in [0.2, 0.25) is 0 Å². The van der Waals surface area contributed by atoms with Crippen LogP contribution in [0.1, 0.15) is 58.6 Å². The van der Waals surface area contributed by atoms with E-state index < -0.39 is 5.60 Å². The van der Waals surface area contributed by atoms with Gasteiger partial charge in [-0.15, -0.1) is 0 Å². The molecule has 1 aromatic rings. The number of ether oxygens (including phenoxy) is 1. The zero-order valence-electron chi connectivity index (χ0n) is 17.5. The first-order valence-corrected chi connectivity index (χ1v) is 9.14. The van der Waals surface area contributed by atoms with Crippen molar-refractivity contribution in [2.75, 3.05) is 20.6 Å². The van der Waals surface area contributed by atoms with Crippen molar-refractivity contribution in [3.8, 4) is 0 Å². The van der Waals surface area contributed by atoms with Gasteiger partial charge in [-0.2, -0.15) is 0 Å². The van der Waals surface area contributed by atoms with Crippen molar-refractivity contribution in [3.05, 3.63) is 53.2 Å². The lowest BCUT2D eigenvalue weighted by Gasteiger charge is -2.26. The van der Waals surface area contributed by atoms with Gasteiger partial charge < -0.3 is 15.0 Å². The summed E-state index contributed by atoms with van der Waals surface area (Å²) in [4.78, 5) is 13.8. The maximum Gasteiger partial charge on any atom is 0.410 e. The van der Waals surface area contributed by atoms with Gasteiger partial charge >= 0.3 is 6.09 Å². The van der Waals surface area contributed by atoms with Crippen LogP contribution in [-0.2, 0) is 4.74 Å². The molecule has 4 nitrogen and oxygen atoms in total. The standard InChI is InChI=1S/C22H34N2O2/c1-9-10-20(17(3)23-7)19-13-11-18(12-14-19)16(2)15-24(8)21(25)26-22(4,5)6/h9-14,16,23H,15H2,1-8H3/b10-9-,20-17+. The van der Waals surface area contributed by atoms with Crippen LogP contribution in [0.3, 0.4) is 0 Å². The van der Waals surface area contributed by atoms with Crippen molar-refractivity contribution in [1.29, 1.82) is 0 Å². The van der Waals surface area contributed by atoms with E-state index in [1.165, 1.54) is 16.7 Å². The zero-order chi connectivity index (χ0) is 19.9. The summed E-state index contributed by atoms with van der Waals surface area (Å²) >= 11 is 0. The predicted molar refractivity (Wildman–Crippen MR) is 110 cm³/mol. The van der Waals surface area contributed by atoms with Crippen LogP contribution in [0.5, 0.6) is 0 Å². The summed E-state index contributed by atoms with van der Waals surface area (Å²) in [7, 11) is 3.71. The second kappa shape index (κ2) is 9.46. The first-order valence-electron chi connectivity index (χ1n) is 9.14. The predicted octanol–water partition coefficient (Wildman–Crippen LogP) is 5.18. The number of allylic oxidation sites excluding steroid dienone is 4. The Morgan fingerprint density at radius 1 is 1.27 bits per heavy atom. The van der Waals surface area contributed by atoms with Gasteiger partial charge in [-0.3, -0.25) is 0 Å². The molecule has 0 radical (unpaired) electrons. The highest BCUT2D eigenvalue weighted by molar-refractivity contribution is 5.76. The number of nitrogens with one attached hydrogen (secondary N) is 1. The molecule has 1 unspecified atom stereocenters. The summed E-state index contributed by atoms with van der Waals surface area (Å²) in [6, 6.07) is 8.54. The number of hydrogen-bond acceptors (Lipinski definition) is 3. The van der Waals surface area contributed by atoms with E-state index in [1.807, 2.05) is 40.8 Å². The Bertz CT molecular complexity index is 652. The molecule has 0 bridgehead atoms. The summed E-state index contributed by atoms with van der Waals surface area (Å²) < 4.78 is 5.42. The number of nitrogens with zero attached hydrogens (tertiary/aromatic N) is 1. The molecule has 26 heavy (non-hydrogen) atoms. The number of likely N-dealkylation sites (N-methyl/N-ethyl adjacent to an activating group) is 1. The van der Waals surface area contributed by atoms with E-state index in [9.17, 15) is 4.79 Å². The molecule has 0 spiro atoms. The average Bonchev–Trinajstić information content (AvgIpc) is 2.57. The molecule has 144 valence electrons. The van der Waals surface area contributed by atoms with Crippen LogP contribution < -0.4 is 5.32 Å². The van der Waals surface area contributed by atoms with E-state index >= 15 is 0 Å². The molecule has 0 aromatic heterocycles. The Kier molecular flexibility index (Phi) is 7.94. The van der Waals surface area contributed by atoms with E-state index in [-0.39, 0.29) is 12.0 Å². The fourth-order valence-electron chi connectivity index (χ4n) is 2.66. The van der Waals surface area contributed by atoms with Crippen LogP contribution in [0.15, 0.2) is 42.1 Å². The van der Waals surface area contributed by atoms with E-state index in [1.54, 1.807) is 11.9 Å². The fraction of sp³-hybridized carbons (Fsp3) is 0.500. The van der Waals surface area contributed by atoms with Crippen LogP contribution >= 0.6 is 0 Å². The topological polar surface area (TPSA) is 41.6 Å². The summed E-state index contributed by atoms with van der Waals surface area (Å²) in [5.41, 5.74) is 4.21. The van der Waals surface area contributed by atoms with E-state index in [2.05, 4.69) is 49.5 Å². The number of hydrogen-bond donors (Lipinski definition) is 1.